The maximum atomic E-state index is 14.4. The number of sulfonamides is 1. The van der Waals surface area contributed by atoms with Gasteiger partial charge in [0.1, 0.15) is 35.1 Å². The Morgan fingerprint density at radius 2 is 1.82 bits per heavy atom. The summed E-state index contributed by atoms with van der Waals surface area (Å²) < 4.78 is 39.1. The summed E-state index contributed by atoms with van der Waals surface area (Å²) in [6.07, 6.45) is 2.47. The van der Waals surface area contributed by atoms with Crippen molar-refractivity contribution in [2.24, 2.45) is 11.3 Å². The fourth-order valence-electron chi connectivity index (χ4n) is 6.02. The number of aromatic nitrogens is 1. The third kappa shape index (κ3) is 7.92. The monoisotopic (exact) mass is 699 g/mol. The van der Waals surface area contributed by atoms with Crippen LogP contribution in [-0.2, 0) is 29.1 Å². The summed E-state index contributed by atoms with van der Waals surface area (Å²) in [6.45, 7) is 14.1. The van der Waals surface area contributed by atoms with Crippen LogP contribution in [0.3, 0.4) is 0 Å². The maximum absolute atomic E-state index is 14.4. The Morgan fingerprint density at radius 3 is 2.41 bits per heavy atom. The molecule has 3 unspecified atom stereocenters. The molecule has 49 heavy (non-hydrogen) atoms. The first kappa shape index (κ1) is 35.9. The number of fused-ring (bicyclic) bond motifs is 1. The number of benzene rings is 1. The van der Waals surface area contributed by atoms with Gasteiger partial charge in [0.2, 0.25) is 27.7 Å². The van der Waals surface area contributed by atoms with Crippen LogP contribution in [0, 0.1) is 11.3 Å². The molecule has 0 spiro atoms. The minimum Gasteiger partial charge on any atom is -0.508 e. The summed E-state index contributed by atoms with van der Waals surface area (Å²) in [5.74, 6) is -2.37. The average Bonchev–Trinajstić information content (AvgIpc) is 3.91. The lowest BCUT2D eigenvalue weighted by atomic mass is 9.85. The van der Waals surface area contributed by atoms with Crippen molar-refractivity contribution < 1.29 is 42.2 Å². The van der Waals surface area contributed by atoms with Crippen LogP contribution in [0.5, 0.6) is 11.6 Å². The molecule has 1 aromatic heterocycles. The van der Waals surface area contributed by atoms with Crippen LogP contribution in [0.4, 0.5) is 4.79 Å². The molecule has 0 bridgehead atoms. The highest BCUT2D eigenvalue weighted by atomic mass is 32.2. The lowest BCUT2D eigenvalue weighted by molar-refractivity contribution is -0.143. The Bertz CT molecular complexity index is 1780. The number of carbonyl (C=O) groups is 4. The highest BCUT2D eigenvalue weighted by Gasteiger charge is 2.62. The summed E-state index contributed by atoms with van der Waals surface area (Å²) in [5.41, 5.74) is -3.22. The van der Waals surface area contributed by atoms with Gasteiger partial charge in [-0.05, 0) is 75.1 Å². The van der Waals surface area contributed by atoms with Gasteiger partial charge in [-0.3, -0.25) is 19.1 Å². The number of phenols is 1. The van der Waals surface area contributed by atoms with Gasteiger partial charge in [0.05, 0.1) is 11.8 Å². The zero-order valence-corrected chi connectivity index (χ0v) is 29.4. The number of carbonyl (C=O) groups excluding carboxylic acids is 4. The summed E-state index contributed by atoms with van der Waals surface area (Å²) in [4.78, 5) is 60.4. The second-order valence-electron chi connectivity index (χ2n) is 15.1. The zero-order valence-electron chi connectivity index (χ0n) is 28.6. The van der Waals surface area contributed by atoms with Gasteiger partial charge >= 0.3 is 6.09 Å². The molecule has 14 nitrogen and oxygen atoms in total. The number of rotatable bonds is 10. The Hall–Kier alpha value is -4.40. The average molecular weight is 700 g/mol. The minimum absolute atomic E-state index is 0.00610. The van der Waals surface area contributed by atoms with Gasteiger partial charge in [-0.15, -0.1) is 6.58 Å². The third-order valence-electron chi connectivity index (χ3n) is 8.86. The van der Waals surface area contributed by atoms with E-state index in [-0.39, 0.29) is 31.0 Å². The van der Waals surface area contributed by atoms with E-state index in [1.807, 2.05) is 0 Å². The van der Waals surface area contributed by atoms with E-state index in [1.54, 1.807) is 59.7 Å². The first-order valence-corrected chi connectivity index (χ1v) is 17.8. The van der Waals surface area contributed by atoms with Crippen LogP contribution in [-0.4, -0.2) is 88.3 Å². The molecule has 2 aromatic rings. The van der Waals surface area contributed by atoms with Crippen molar-refractivity contribution in [2.45, 2.75) is 102 Å². The van der Waals surface area contributed by atoms with Crippen LogP contribution in [0.25, 0.3) is 10.8 Å². The molecule has 1 saturated heterocycles. The molecule has 15 heteroatoms. The van der Waals surface area contributed by atoms with Crippen LogP contribution >= 0.6 is 0 Å². The highest BCUT2D eigenvalue weighted by molar-refractivity contribution is 7.91. The molecule has 2 saturated carbocycles. The van der Waals surface area contributed by atoms with E-state index in [2.05, 4.69) is 26.9 Å². The molecule has 3 aliphatic rings. The molecule has 3 fully saturated rings. The predicted octanol–water partition coefficient (Wildman–Crippen LogP) is 2.90. The number of amides is 4. The Balaban J connectivity index is 1.44. The molecule has 2 heterocycles. The number of ether oxygens (including phenoxy) is 2. The van der Waals surface area contributed by atoms with Crippen molar-refractivity contribution in [1.29, 1.82) is 0 Å². The first-order valence-electron chi connectivity index (χ1n) is 16.3. The van der Waals surface area contributed by atoms with Gasteiger partial charge in [-0.25, -0.2) is 18.2 Å². The summed E-state index contributed by atoms with van der Waals surface area (Å²) in [6, 6.07) is 4.11. The molecule has 2 aliphatic carbocycles. The van der Waals surface area contributed by atoms with Crippen molar-refractivity contribution in [3.8, 4) is 11.6 Å². The van der Waals surface area contributed by atoms with Crippen molar-refractivity contribution >= 4 is 44.6 Å². The fourth-order valence-corrected chi connectivity index (χ4v) is 7.39. The molecular weight excluding hydrogens is 654 g/mol. The van der Waals surface area contributed by atoms with Crippen molar-refractivity contribution in [3.63, 3.8) is 0 Å². The summed E-state index contributed by atoms with van der Waals surface area (Å²) >= 11 is 0. The van der Waals surface area contributed by atoms with E-state index in [0.717, 1.165) is 0 Å². The van der Waals surface area contributed by atoms with E-state index >= 15 is 0 Å². The first-order chi connectivity index (χ1) is 22.7. The molecule has 1 aliphatic heterocycles. The van der Waals surface area contributed by atoms with Crippen LogP contribution in [0.2, 0.25) is 0 Å². The second kappa shape index (κ2) is 12.8. The number of phenolic OH excluding ortho intramolecular Hbond substituents is 1. The van der Waals surface area contributed by atoms with Crippen molar-refractivity contribution in [3.05, 3.63) is 43.1 Å². The highest BCUT2D eigenvalue weighted by Crippen LogP contribution is 2.45. The second-order valence-corrected chi connectivity index (χ2v) is 17.1. The van der Waals surface area contributed by atoms with E-state index in [9.17, 15) is 32.7 Å². The van der Waals surface area contributed by atoms with Crippen LogP contribution in [0.1, 0.15) is 67.2 Å². The van der Waals surface area contributed by atoms with Crippen molar-refractivity contribution in [1.82, 2.24) is 25.2 Å². The number of hydrogen-bond donors (Lipinski definition) is 4. The van der Waals surface area contributed by atoms with E-state index in [0.29, 0.717) is 23.6 Å². The van der Waals surface area contributed by atoms with Crippen LogP contribution < -0.4 is 20.1 Å². The number of pyridine rings is 1. The number of nitrogens with zero attached hydrogens (tertiary/aromatic N) is 2. The van der Waals surface area contributed by atoms with E-state index < -0.39 is 79.7 Å². The van der Waals surface area contributed by atoms with Gasteiger partial charge in [-0.1, -0.05) is 26.8 Å². The number of alkyl carbamates (subject to hydrolysis) is 1. The molecule has 5 atom stereocenters. The maximum Gasteiger partial charge on any atom is 0.408 e. The largest absolute Gasteiger partial charge is 0.508 e. The Kier molecular flexibility index (Phi) is 9.38. The van der Waals surface area contributed by atoms with E-state index in [4.69, 9.17) is 9.47 Å². The van der Waals surface area contributed by atoms with Gasteiger partial charge < -0.3 is 30.1 Å². The molecule has 1 aromatic carbocycles. The van der Waals surface area contributed by atoms with Crippen LogP contribution in [0.15, 0.2) is 43.1 Å². The van der Waals surface area contributed by atoms with E-state index in [1.165, 1.54) is 23.2 Å². The SMILES string of the molecule is C=CC1C[C@]1(NC(=O)[C@@H]1CC(Oc2nccc3cc(O)ccc23)CN1C(=O)C(NC(=O)OC(C)(C)C)C(C)(C)C)C(=O)NS(=O)(=O)C1CC1. The molecule has 5 rings (SSSR count). The smallest absolute Gasteiger partial charge is 0.408 e. The number of aromatic hydroxyl groups is 1. The quantitative estimate of drug-likeness (QED) is 0.268. The minimum atomic E-state index is -3.90. The van der Waals surface area contributed by atoms with Crippen molar-refractivity contribution in [2.75, 3.05) is 6.54 Å². The zero-order chi connectivity index (χ0) is 36.1. The molecule has 4 amide bonds. The number of nitrogens with one attached hydrogen (secondary N) is 3. The van der Waals surface area contributed by atoms with Gasteiger partial charge in [-0.2, -0.15) is 0 Å². The van der Waals surface area contributed by atoms with Gasteiger partial charge in [0.25, 0.3) is 5.91 Å². The third-order valence-corrected chi connectivity index (χ3v) is 10.7. The number of hydrogen-bond acceptors (Lipinski definition) is 10. The molecule has 266 valence electrons. The molecular formula is C34H45N5O9S. The lowest BCUT2D eigenvalue weighted by Crippen LogP contribution is -2.60. The Morgan fingerprint density at radius 1 is 1.12 bits per heavy atom. The number of likely N-dealkylation sites (tertiary alicyclic amines) is 1. The lowest BCUT2D eigenvalue weighted by Gasteiger charge is -2.36. The predicted molar refractivity (Wildman–Crippen MR) is 180 cm³/mol. The summed E-state index contributed by atoms with van der Waals surface area (Å²) in [5, 5.41) is 16.0. The topological polar surface area (TPSA) is 193 Å². The Labute approximate surface area is 286 Å². The van der Waals surface area contributed by atoms with Gasteiger partial charge in [0.15, 0.2) is 0 Å². The molecule has 0 radical (unpaired) electrons. The van der Waals surface area contributed by atoms with Gasteiger partial charge in [0, 0.05) is 23.9 Å². The standard InChI is InChI=1S/C34H45N5O9S/c1-8-20-17-34(20,30(43)38-49(45,46)23-10-11-23)37-27(41)25-16-22(47-28-24-12-9-21(40)15-19(24)13-14-35-28)18-39(25)29(42)26(32(2,3)4)36-31(44)48-33(5,6)7/h8-9,12-15,20,22-23,25-26,40H,1,10-11,16-18H2,2-7H3,(H,36,44)(H,37,41)(H,38,43)/t20?,22?,25-,26?,34+/m0/s1. The normalized spacial score (nSPS) is 24.4. The molecule has 4 N–H and O–H groups in total. The summed E-state index contributed by atoms with van der Waals surface area (Å²) in [7, 11) is -3.90. The fraction of sp³-hybridized carbons (Fsp3) is 0.559.